The van der Waals surface area contributed by atoms with E-state index in [1.165, 1.54) is 0 Å². The third-order valence-corrected chi connectivity index (χ3v) is 15.3. The number of benzene rings is 5. The van der Waals surface area contributed by atoms with Crippen molar-refractivity contribution in [3.63, 3.8) is 0 Å². The molecule has 4 fully saturated rings. The molecule has 0 aliphatic carbocycles. The number of nitrogens with zero attached hydrogens (tertiary/aromatic N) is 2. The third kappa shape index (κ3) is 4.86. The van der Waals surface area contributed by atoms with E-state index in [0.29, 0.717) is 24.2 Å². The Balaban J connectivity index is 1.06. The summed E-state index contributed by atoms with van der Waals surface area (Å²) in [5.41, 5.74) is 4.00. The van der Waals surface area contributed by atoms with E-state index in [4.69, 9.17) is 0 Å². The minimum atomic E-state index is -1.18. The predicted molar refractivity (Wildman–Crippen MR) is 229 cm³/mol. The molecule has 5 aromatic carbocycles. The number of halogens is 2. The lowest BCUT2D eigenvalue weighted by Gasteiger charge is -2.37. The summed E-state index contributed by atoms with van der Waals surface area (Å²) in [4.78, 5) is 64.2. The van der Waals surface area contributed by atoms with Gasteiger partial charge in [-0.3, -0.25) is 29.0 Å². The highest BCUT2D eigenvalue weighted by Gasteiger charge is 2.71. The SMILES string of the molecule is O=C(c1ccccc1)C1C(c2ccc(C3C4CCCN4C4(C(=O)Nc5ccc(Br)cc54)C3C(=O)c3ccccc3)cc2)C2CCCN2C12C(=O)Nc1ccc(Br)cc12. The average Bonchev–Trinajstić information content (AvgIpc) is 4.09. The minimum absolute atomic E-state index is 0.0381. The van der Waals surface area contributed by atoms with Crippen molar-refractivity contribution >= 4 is 66.6 Å². The van der Waals surface area contributed by atoms with Crippen LogP contribution >= 0.6 is 31.9 Å². The molecule has 8 atom stereocenters. The molecule has 11 rings (SSSR count). The average molecular weight is 897 g/mol. The number of carbonyl (C=O) groups is 4. The molecule has 6 aliphatic rings. The summed E-state index contributed by atoms with van der Waals surface area (Å²) < 4.78 is 1.72. The van der Waals surface area contributed by atoms with Gasteiger partial charge in [0.15, 0.2) is 11.6 Å². The van der Waals surface area contributed by atoms with Gasteiger partial charge < -0.3 is 10.6 Å². The molecular weight excluding hydrogens is 856 g/mol. The van der Waals surface area contributed by atoms with Gasteiger partial charge in [0.25, 0.3) is 0 Å². The molecule has 2 amide bonds. The number of anilines is 2. The van der Waals surface area contributed by atoms with E-state index in [-0.39, 0.29) is 47.3 Å². The molecule has 10 heteroatoms. The van der Waals surface area contributed by atoms with Crippen LogP contribution in [0.4, 0.5) is 11.4 Å². The standard InChI is InChI=1S/C48H40Br2N4O4/c49-31-19-21-35-33(25-31)47(45(57)51-35)41(43(55)29-9-3-1-4-10-29)39(37-13-7-23-53(37)47)27-15-17-28(18-16-27)40-38-14-8-24-54(38)48(42(40)44(56)30-11-5-2-6-12-30)34-26-32(50)20-22-36(34)52-46(48)58/h1-6,9-12,15-22,25-26,37-42H,7-8,13-14,23-24H2,(H,51,57)(H,52,58). The first-order valence-corrected chi connectivity index (χ1v) is 21.9. The lowest BCUT2D eigenvalue weighted by Crippen LogP contribution is -2.52. The Morgan fingerprint density at radius 3 is 1.34 bits per heavy atom. The van der Waals surface area contributed by atoms with Gasteiger partial charge in [-0.2, -0.15) is 0 Å². The first kappa shape index (κ1) is 36.3. The zero-order chi connectivity index (χ0) is 39.5. The van der Waals surface area contributed by atoms with Crippen molar-refractivity contribution in [2.45, 2.75) is 60.7 Å². The fourth-order valence-electron chi connectivity index (χ4n) is 12.3. The van der Waals surface area contributed by atoms with E-state index in [1.54, 1.807) is 0 Å². The van der Waals surface area contributed by atoms with E-state index in [2.05, 4.69) is 76.6 Å². The Morgan fingerprint density at radius 1 is 0.552 bits per heavy atom. The minimum Gasteiger partial charge on any atom is -0.324 e. The molecule has 0 aromatic heterocycles. The van der Waals surface area contributed by atoms with Crippen LogP contribution in [0.5, 0.6) is 0 Å². The first-order chi connectivity index (χ1) is 28.2. The van der Waals surface area contributed by atoms with Crippen molar-refractivity contribution in [2.24, 2.45) is 11.8 Å². The number of hydrogen-bond donors (Lipinski definition) is 2. The van der Waals surface area contributed by atoms with Crippen molar-refractivity contribution in [2.75, 3.05) is 23.7 Å². The molecule has 4 saturated heterocycles. The summed E-state index contributed by atoms with van der Waals surface area (Å²) in [6, 6.07) is 39.0. The van der Waals surface area contributed by atoms with Gasteiger partial charge in [0.2, 0.25) is 11.8 Å². The Kier molecular flexibility index (Phi) is 8.39. The Labute approximate surface area is 353 Å². The van der Waals surface area contributed by atoms with Gasteiger partial charge in [0.1, 0.15) is 11.1 Å². The number of Topliss-reactive ketones (excluding diaryl/α,β-unsaturated/α-hetero) is 2. The highest BCUT2D eigenvalue weighted by Crippen LogP contribution is 2.63. The maximum Gasteiger partial charge on any atom is 0.250 e. The van der Waals surface area contributed by atoms with Crippen LogP contribution < -0.4 is 10.6 Å². The normalized spacial score (nSPS) is 30.7. The second-order valence-electron chi connectivity index (χ2n) is 16.8. The summed E-state index contributed by atoms with van der Waals surface area (Å²) in [5.74, 6) is -2.31. The van der Waals surface area contributed by atoms with Crippen LogP contribution in [0.25, 0.3) is 0 Å². The van der Waals surface area contributed by atoms with Crippen molar-refractivity contribution < 1.29 is 19.2 Å². The zero-order valence-electron chi connectivity index (χ0n) is 31.5. The molecule has 0 radical (unpaired) electrons. The smallest absolute Gasteiger partial charge is 0.250 e. The number of rotatable bonds is 6. The number of nitrogens with one attached hydrogen (secondary N) is 2. The fourth-order valence-corrected chi connectivity index (χ4v) is 13.0. The second-order valence-corrected chi connectivity index (χ2v) is 18.6. The van der Waals surface area contributed by atoms with Gasteiger partial charge in [-0.15, -0.1) is 0 Å². The van der Waals surface area contributed by atoms with Crippen LogP contribution in [0.15, 0.2) is 130 Å². The molecule has 8 unspecified atom stereocenters. The third-order valence-electron chi connectivity index (χ3n) is 14.3. The Bertz CT molecular complexity index is 2370. The number of carbonyl (C=O) groups excluding carboxylic acids is 4. The summed E-state index contributed by atoms with van der Waals surface area (Å²) in [6.07, 6.45) is 3.58. The van der Waals surface area contributed by atoms with Gasteiger partial charge in [-0.25, -0.2) is 0 Å². The molecule has 6 aliphatic heterocycles. The Morgan fingerprint density at radius 2 is 0.948 bits per heavy atom. The monoisotopic (exact) mass is 894 g/mol. The molecule has 0 bridgehead atoms. The highest BCUT2D eigenvalue weighted by atomic mass is 79.9. The first-order valence-electron chi connectivity index (χ1n) is 20.3. The summed E-state index contributed by atoms with van der Waals surface area (Å²) in [7, 11) is 0. The van der Waals surface area contributed by atoms with Gasteiger partial charge in [-0.1, -0.05) is 117 Å². The largest absolute Gasteiger partial charge is 0.324 e. The summed E-state index contributed by atoms with van der Waals surface area (Å²) in [6.45, 7) is 1.42. The van der Waals surface area contributed by atoms with Crippen LogP contribution in [0.1, 0.15) is 80.5 Å². The lowest BCUT2D eigenvalue weighted by molar-refractivity contribution is -0.128. The van der Waals surface area contributed by atoms with Crippen molar-refractivity contribution in [1.29, 1.82) is 0 Å². The maximum absolute atomic E-state index is 15.1. The van der Waals surface area contributed by atoms with Gasteiger partial charge in [-0.05, 0) is 86.3 Å². The van der Waals surface area contributed by atoms with E-state index >= 15 is 9.59 Å². The van der Waals surface area contributed by atoms with Crippen LogP contribution in [-0.4, -0.2) is 58.4 Å². The molecule has 5 aromatic rings. The molecule has 0 saturated carbocycles. The fraction of sp³-hybridized carbons (Fsp3) is 0.292. The van der Waals surface area contributed by atoms with Gasteiger partial charge >= 0.3 is 0 Å². The van der Waals surface area contributed by atoms with Crippen molar-refractivity contribution in [1.82, 2.24) is 9.80 Å². The second kappa shape index (κ2) is 13.4. The van der Waals surface area contributed by atoms with E-state index in [9.17, 15) is 9.59 Å². The number of fused-ring (bicyclic) bond motifs is 8. The van der Waals surface area contributed by atoms with Crippen LogP contribution in [0.3, 0.4) is 0 Å². The number of amides is 2. The zero-order valence-corrected chi connectivity index (χ0v) is 34.7. The maximum atomic E-state index is 15.1. The Hall–Kier alpha value is -4.74. The highest BCUT2D eigenvalue weighted by molar-refractivity contribution is 9.10. The summed E-state index contributed by atoms with van der Waals surface area (Å²) in [5, 5.41) is 6.37. The molecule has 58 heavy (non-hydrogen) atoms. The topological polar surface area (TPSA) is 98.8 Å². The van der Waals surface area contributed by atoms with E-state index in [1.807, 2.05) is 97.1 Å². The molecule has 2 spiro atoms. The number of hydrogen-bond acceptors (Lipinski definition) is 6. The van der Waals surface area contributed by atoms with Gasteiger partial charge in [0, 0.05) is 66.5 Å². The molecule has 2 N–H and O–H groups in total. The molecule has 8 nitrogen and oxygen atoms in total. The van der Waals surface area contributed by atoms with E-state index in [0.717, 1.165) is 68.3 Å². The molecular formula is C48H40Br2N4O4. The lowest BCUT2D eigenvalue weighted by atomic mass is 9.67. The van der Waals surface area contributed by atoms with Crippen LogP contribution in [-0.2, 0) is 20.7 Å². The van der Waals surface area contributed by atoms with Crippen LogP contribution in [0, 0.1) is 11.8 Å². The molecule has 290 valence electrons. The number of ketones is 2. The van der Waals surface area contributed by atoms with Gasteiger partial charge in [0.05, 0.1) is 11.8 Å². The molecule has 6 heterocycles. The predicted octanol–water partition coefficient (Wildman–Crippen LogP) is 9.03. The summed E-state index contributed by atoms with van der Waals surface area (Å²) >= 11 is 7.36. The van der Waals surface area contributed by atoms with E-state index < -0.39 is 22.9 Å². The van der Waals surface area contributed by atoms with Crippen molar-refractivity contribution in [3.8, 4) is 0 Å². The quantitative estimate of drug-likeness (QED) is 0.165. The van der Waals surface area contributed by atoms with Crippen molar-refractivity contribution in [3.05, 3.63) is 164 Å². The van der Waals surface area contributed by atoms with Crippen LogP contribution in [0.2, 0.25) is 0 Å².